The SMILES string of the molecule is COC(=O)c1ccc(NC(=O)c2ccccc2-c2ncc(-c3ccc(Cl)cc3)o2)cc1. The molecule has 0 fully saturated rings. The molecule has 31 heavy (non-hydrogen) atoms. The molecule has 0 aliphatic carbocycles. The van der Waals surface area contributed by atoms with Crippen LogP contribution in [0.25, 0.3) is 22.8 Å². The van der Waals surface area contributed by atoms with Crippen molar-refractivity contribution in [3.05, 3.63) is 95.1 Å². The van der Waals surface area contributed by atoms with Crippen molar-refractivity contribution in [1.29, 1.82) is 0 Å². The number of esters is 1. The monoisotopic (exact) mass is 432 g/mol. The van der Waals surface area contributed by atoms with Crippen LogP contribution in [0.15, 0.2) is 83.4 Å². The molecule has 6 nitrogen and oxygen atoms in total. The summed E-state index contributed by atoms with van der Waals surface area (Å²) in [4.78, 5) is 28.8. The Morgan fingerprint density at radius 1 is 0.968 bits per heavy atom. The van der Waals surface area contributed by atoms with Gasteiger partial charge < -0.3 is 14.5 Å². The summed E-state index contributed by atoms with van der Waals surface area (Å²) in [6, 6.07) is 20.7. The number of hydrogen-bond acceptors (Lipinski definition) is 5. The number of rotatable bonds is 5. The first-order valence-electron chi connectivity index (χ1n) is 9.36. The van der Waals surface area contributed by atoms with Crippen molar-refractivity contribution < 1.29 is 18.7 Å². The molecular weight excluding hydrogens is 416 g/mol. The summed E-state index contributed by atoms with van der Waals surface area (Å²) in [5, 5.41) is 3.45. The van der Waals surface area contributed by atoms with Gasteiger partial charge in [0.1, 0.15) is 0 Å². The van der Waals surface area contributed by atoms with Gasteiger partial charge in [0.2, 0.25) is 5.89 Å². The van der Waals surface area contributed by atoms with E-state index in [0.29, 0.717) is 39.1 Å². The number of hydrogen-bond donors (Lipinski definition) is 1. The van der Waals surface area contributed by atoms with Gasteiger partial charge in [0.15, 0.2) is 5.76 Å². The van der Waals surface area contributed by atoms with Crippen LogP contribution >= 0.6 is 11.6 Å². The lowest BCUT2D eigenvalue weighted by molar-refractivity contribution is 0.0600. The maximum atomic E-state index is 12.9. The third-order valence-corrected chi connectivity index (χ3v) is 4.85. The third kappa shape index (κ3) is 4.49. The van der Waals surface area contributed by atoms with Gasteiger partial charge in [-0.25, -0.2) is 9.78 Å². The van der Waals surface area contributed by atoms with Crippen LogP contribution in [0.2, 0.25) is 5.02 Å². The predicted molar refractivity (Wildman–Crippen MR) is 118 cm³/mol. The van der Waals surface area contributed by atoms with Gasteiger partial charge in [-0.3, -0.25) is 4.79 Å². The quantitative estimate of drug-likeness (QED) is 0.409. The molecule has 1 aromatic heterocycles. The first kappa shape index (κ1) is 20.4. The van der Waals surface area contributed by atoms with E-state index < -0.39 is 5.97 Å². The Hall–Kier alpha value is -3.90. The van der Waals surface area contributed by atoms with Gasteiger partial charge in [-0.05, 0) is 60.7 Å². The minimum Gasteiger partial charge on any atom is -0.465 e. The van der Waals surface area contributed by atoms with Gasteiger partial charge in [-0.1, -0.05) is 23.7 Å². The van der Waals surface area contributed by atoms with Gasteiger partial charge in [-0.2, -0.15) is 0 Å². The molecule has 0 aliphatic rings. The molecule has 0 radical (unpaired) electrons. The van der Waals surface area contributed by atoms with Crippen LogP contribution < -0.4 is 5.32 Å². The van der Waals surface area contributed by atoms with Crippen LogP contribution in [0.3, 0.4) is 0 Å². The van der Waals surface area contributed by atoms with Gasteiger partial charge in [0.05, 0.1) is 24.4 Å². The maximum absolute atomic E-state index is 12.9. The van der Waals surface area contributed by atoms with E-state index >= 15 is 0 Å². The van der Waals surface area contributed by atoms with Crippen LogP contribution in [-0.4, -0.2) is 24.0 Å². The fourth-order valence-electron chi connectivity index (χ4n) is 3.02. The number of nitrogens with zero attached hydrogens (tertiary/aromatic N) is 1. The molecule has 3 aromatic carbocycles. The van der Waals surface area contributed by atoms with E-state index in [1.807, 2.05) is 18.2 Å². The van der Waals surface area contributed by atoms with Crippen LogP contribution in [0.5, 0.6) is 0 Å². The molecule has 1 heterocycles. The second-order valence-corrected chi connectivity index (χ2v) is 7.04. The van der Waals surface area contributed by atoms with Crippen molar-refractivity contribution >= 4 is 29.2 Å². The highest BCUT2D eigenvalue weighted by Gasteiger charge is 2.17. The summed E-state index contributed by atoms with van der Waals surface area (Å²) in [7, 11) is 1.32. The Morgan fingerprint density at radius 3 is 2.39 bits per heavy atom. The zero-order valence-electron chi connectivity index (χ0n) is 16.5. The smallest absolute Gasteiger partial charge is 0.337 e. The number of carbonyl (C=O) groups is 2. The van der Waals surface area contributed by atoms with Gasteiger partial charge >= 0.3 is 5.97 Å². The molecule has 0 saturated heterocycles. The second kappa shape index (κ2) is 8.85. The van der Waals surface area contributed by atoms with Crippen LogP contribution in [-0.2, 0) is 4.74 Å². The van der Waals surface area contributed by atoms with Gasteiger partial charge in [0.25, 0.3) is 5.91 Å². The van der Waals surface area contributed by atoms with Crippen molar-refractivity contribution in [2.24, 2.45) is 0 Å². The molecule has 0 unspecified atom stereocenters. The number of carbonyl (C=O) groups excluding carboxylic acids is 2. The number of halogens is 1. The summed E-state index contributed by atoms with van der Waals surface area (Å²) in [5.41, 5.74) is 2.74. The van der Waals surface area contributed by atoms with Crippen LogP contribution in [0, 0.1) is 0 Å². The lowest BCUT2D eigenvalue weighted by Crippen LogP contribution is -2.13. The molecular formula is C24H17ClN2O4. The molecule has 4 rings (SSSR count). The number of nitrogens with one attached hydrogen (secondary N) is 1. The highest BCUT2D eigenvalue weighted by molar-refractivity contribution is 6.30. The van der Waals surface area contributed by atoms with Crippen LogP contribution in [0.4, 0.5) is 5.69 Å². The number of oxazole rings is 1. The topological polar surface area (TPSA) is 81.4 Å². The normalized spacial score (nSPS) is 10.5. The first-order valence-corrected chi connectivity index (χ1v) is 9.74. The highest BCUT2D eigenvalue weighted by atomic mass is 35.5. The Balaban J connectivity index is 1.58. The Bertz CT molecular complexity index is 1230. The highest BCUT2D eigenvalue weighted by Crippen LogP contribution is 2.29. The van der Waals surface area contributed by atoms with Crippen molar-refractivity contribution in [1.82, 2.24) is 4.98 Å². The Kier molecular flexibility index (Phi) is 5.82. The zero-order chi connectivity index (χ0) is 21.8. The number of methoxy groups -OCH3 is 1. The van der Waals surface area contributed by atoms with Crippen molar-refractivity contribution in [2.45, 2.75) is 0 Å². The lowest BCUT2D eigenvalue weighted by Gasteiger charge is -2.09. The number of anilines is 1. The molecule has 7 heteroatoms. The van der Waals surface area contributed by atoms with Crippen molar-refractivity contribution in [3.63, 3.8) is 0 Å². The molecule has 0 saturated carbocycles. The largest absolute Gasteiger partial charge is 0.465 e. The standard InChI is InChI=1S/C24H17ClN2O4/c1-30-24(29)16-8-12-18(13-9-16)27-22(28)19-4-2-3-5-20(19)23-26-14-21(31-23)15-6-10-17(25)11-7-15/h2-14H,1H3,(H,27,28). The number of aromatic nitrogens is 1. The summed E-state index contributed by atoms with van der Waals surface area (Å²) in [5.74, 6) is 0.133. The second-order valence-electron chi connectivity index (χ2n) is 6.61. The van der Waals surface area contributed by atoms with Crippen molar-refractivity contribution in [2.75, 3.05) is 12.4 Å². The van der Waals surface area contributed by atoms with E-state index in [4.69, 9.17) is 16.0 Å². The molecule has 0 aliphatic heterocycles. The van der Waals surface area contributed by atoms with Crippen LogP contribution in [0.1, 0.15) is 20.7 Å². The molecule has 1 amide bonds. The molecule has 0 bridgehead atoms. The summed E-state index contributed by atoms with van der Waals surface area (Å²) in [6.45, 7) is 0. The van der Waals surface area contributed by atoms with E-state index in [1.54, 1.807) is 60.8 Å². The van der Waals surface area contributed by atoms with E-state index in [-0.39, 0.29) is 5.91 Å². The molecule has 4 aromatic rings. The maximum Gasteiger partial charge on any atom is 0.337 e. The van der Waals surface area contributed by atoms with E-state index in [1.165, 1.54) is 7.11 Å². The molecule has 154 valence electrons. The average molecular weight is 433 g/mol. The fourth-order valence-corrected chi connectivity index (χ4v) is 3.15. The first-order chi connectivity index (χ1) is 15.0. The number of benzene rings is 3. The van der Waals surface area contributed by atoms with E-state index in [0.717, 1.165) is 5.56 Å². The molecule has 0 spiro atoms. The minimum atomic E-state index is -0.441. The molecule has 1 N–H and O–H groups in total. The van der Waals surface area contributed by atoms with Crippen molar-refractivity contribution in [3.8, 4) is 22.8 Å². The third-order valence-electron chi connectivity index (χ3n) is 4.60. The summed E-state index contributed by atoms with van der Waals surface area (Å²) < 4.78 is 10.6. The van der Waals surface area contributed by atoms with E-state index in [2.05, 4.69) is 15.0 Å². The summed E-state index contributed by atoms with van der Waals surface area (Å²) >= 11 is 5.94. The fraction of sp³-hybridized carbons (Fsp3) is 0.0417. The summed E-state index contributed by atoms with van der Waals surface area (Å²) in [6.07, 6.45) is 1.61. The Morgan fingerprint density at radius 2 is 1.68 bits per heavy atom. The lowest BCUT2D eigenvalue weighted by atomic mass is 10.1. The Labute approximate surface area is 183 Å². The zero-order valence-corrected chi connectivity index (χ0v) is 17.2. The van der Waals surface area contributed by atoms with Gasteiger partial charge in [-0.15, -0.1) is 0 Å². The minimum absolute atomic E-state index is 0.326. The average Bonchev–Trinajstić information content (AvgIpc) is 3.29. The predicted octanol–water partition coefficient (Wildman–Crippen LogP) is 5.70. The van der Waals surface area contributed by atoms with E-state index in [9.17, 15) is 9.59 Å². The number of ether oxygens (including phenoxy) is 1. The molecule has 0 atom stereocenters. The van der Waals surface area contributed by atoms with Gasteiger partial charge in [0, 0.05) is 21.8 Å². The number of amides is 1.